The maximum Gasteiger partial charge on any atom is 0.227 e. The lowest BCUT2D eigenvalue weighted by molar-refractivity contribution is -0.126. The second-order valence-corrected chi connectivity index (χ2v) is 5.59. The van der Waals surface area contributed by atoms with Crippen LogP contribution in [0.25, 0.3) is 6.08 Å². The highest BCUT2D eigenvalue weighted by atomic mass is 16.5. The van der Waals surface area contributed by atoms with Crippen molar-refractivity contribution in [1.29, 1.82) is 0 Å². The van der Waals surface area contributed by atoms with Crippen molar-refractivity contribution in [2.24, 2.45) is 5.92 Å². The van der Waals surface area contributed by atoms with Gasteiger partial charge in [0.1, 0.15) is 0 Å². The third-order valence-corrected chi connectivity index (χ3v) is 4.34. The lowest BCUT2D eigenvalue weighted by Crippen LogP contribution is -2.25. The zero-order valence-corrected chi connectivity index (χ0v) is 12.8. The van der Waals surface area contributed by atoms with E-state index in [0.29, 0.717) is 6.42 Å². The molecule has 1 saturated heterocycles. The molecule has 1 unspecified atom stereocenters. The minimum Gasteiger partial charge on any atom is -0.493 e. The maximum atomic E-state index is 12.2. The van der Waals surface area contributed by atoms with Gasteiger partial charge in [-0.3, -0.25) is 4.79 Å². The third kappa shape index (κ3) is 2.19. The Morgan fingerprint density at radius 1 is 1.24 bits per heavy atom. The van der Waals surface area contributed by atoms with Gasteiger partial charge in [0.05, 0.1) is 14.2 Å². The Labute approximate surface area is 125 Å². The molecule has 2 aliphatic rings. The van der Waals surface area contributed by atoms with Crippen molar-refractivity contribution in [2.45, 2.75) is 26.2 Å². The summed E-state index contributed by atoms with van der Waals surface area (Å²) in [6.07, 6.45) is 4.57. The van der Waals surface area contributed by atoms with Gasteiger partial charge in [0, 0.05) is 30.1 Å². The fourth-order valence-corrected chi connectivity index (χ4v) is 3.40. The Kier molecular flexibility index (Phi) is 3.62. The summed E-state index contributed by atoms with van der Waals surface area (Å²) >= 11 is 0. The van der Waals surface area contributed by atoms with Crippen LogP contribution in [0.2, 0.25) is 0 Å². The molecule has 1 aromatic carbocycles. The number of hydrogen-bond acceptors (Lipinski definition) is 3. The van der Waals surface area contributed by atoms with Gasteiger partial charge in [-0.2, -0.15) is 0 Å². The summed E-state index contributed by atoms with van der Waals surface area (Å²) in [6, 6.07) is 3.98. The first-order valence-electron chi connectivity index (χ1n) is 7.45. The van der Waals surface area contributed by atoms with Crippen molar-refractivity contribution in [1.82, 2.24) is 4.90 Å². The van der Waals surface area contributed by atoms with E-state index in [1.165, 1.54) is 5.70 Å². The monoisotopic (exact) mass is 287 g/mol. The molecule has 1 amide bonds. The van der Waals surface area contributed by atoms with Crippen molar-refractivity contribution in [3.8, 4) is 11.5 Å². The van der Waals surface area contributed by atoms with E-state index in [9.17, 15) is 4.79 Å². The summed E-state index contributed by atoms with van der Waals surface area (Å²) in [5.74, 6) is 2.07. The van der Waals surface area contributed by atoms with Crippen LogP contribution in [0, 0.1) is 5.92 Å². The molecule has 1 fully saturated rings. The molecule has 0 aromatic heterocycles. The van der Waals surface area contributed by atoms with Gasteiger partial charge < -0.3 is 14.4 Å². The van der Waals surface area contributed by atoms with Crippen LogP contribution < -0.4 is 9.47 Å². The molecule has 4 nitrogen and oxygen atoms in total. The predicted molar refractivity (Wildman–Crippen MR) is 81.3 cm³/mol. The number of methoxy groups -OCH3 is 2. The van der Waals surface area contributed by atoms with Gasteiger partial charge in [0.15, 0.2) is 11.5 Å². The van der Waals surface area contributed by atoms with Gasteiger partial charge in [-0.05, 0) is 30.5 Å². The Hall–Kier alpha value is -1.97. The van der Waals surface area contributed by atoms with E-state index in [-0.39, 0.29) is 11.8 Å². The summed E-state index contributed by atoms with van der Waals surface area (Å²) < 4.78 is 10.9. The highest BCUT2D eigenvalue weighted by Crippen LogP contribution is 2.44. The average molecular weight is 287 g/mol. The number of carbonyl (C=O) groups is 1. The molecule has 1 aliphatic heterocycles. The molecule has 1 aliphatic carbocycles. The Morgan fingerprint density at radius 2 is 2.05 bits per heavy atom. The number of nitrogens with zero attached hydrogens (tertiary/aromatic N) is 1. The number of benzene rings is 1. The number of fused-ring (bicyclic) bond motifs is 2. The first kappa shape index (κ1) is 14.0. The Bertz CT molecular complexity index is 606. The molecule has 3 rings (SSSR count). The van der Waals surface area contributed by atoms with Crippen molar-refractivity contribution in [2.75, 3.05) is 20.8 Å². The minimum absolute atomic E-state index is 0.242. The maximum absolute atomic E-state index is 12.2. The molecule has 1 heterocycles. The first-order valence-corrected chi connectivity index (χ1v) is 7.45. The predicted octanol–water partition coefficient (Wildman–Crippen LogP) is 2.86. The fraction of sp³-hybridized carbons (Fsp3) is 0.471. The second-order valence-electron chi connectivity index (χ2n) is 5.59. The summed E-state index contributed by atoms with van der Waals surface area (Å²) in [5, 5.41) is 0. The zero-order chi connectivity index (χ0) is 15.0. The van der Waals surface area contributed by atoms with Gasteiger partial charge in [0.2, 0.25) is 5.91 Å². The number of rotatable bonds is 4. The zero-order valence-electron chi connectivity index (χ0n) is 12.8. The van der Waals surface area contributed by atoms with Crippen LogP contribution in [0.4, 0.5) is 0 Å². The standard InChI is InChI=1S/C17H21NO3/c1-4-7-18-14-9-11-5-6-15(20-2)17(21-3)13(11)8-12(14)10-16(18)19/h5-6,9,12H,4,7-8,10H2,1-3H3. The molecule has 0 saturated carbocycles. The highest BCUT2D eigenvalue weighted by Gasteiger charge is 2.37. The van der Waals surface area contributed by atoms with Crippen LogP contribution in [-0.2, 0) is 11.2 Å². The molecule has 0 bridgehead atoms. The number of carbonyl (C=O) groups excluding carboxylic acids is 1. The minimum atomic E-state index is 0.242. The van der Waals surface area contributed by atoms with Crippen LogP contribution in [0.5, 0.6) is 11.5 Å². The van der Waals surface area contributed by atoms with Crippen LogP contribution in [0.3, 0.4) is 0 Å². The normalized spacial score (nSPS) is 20.0. The molecular formula is C17H21NO3. The average Bonchev–Trinajstić information content (AvgIpc) is 2.79. The van der Waals surface area contributed by atoms with E-state index >= 15 is 0 Å². The summed E-state index contributed by atoms with van der Waals surface area (Å²) in [5.41, 5.74) is 3.45. The molecule has 0 radical (unpaired) electrons. The van der Waals surface area contributed by atoms with Crippen LogP contribution >= 0.6 is 0 Å². The molecule has 112 valence electrons. The molecule has 0 N–H and O–H groups in total. The number of hydrogen-bond donors (Lipinski definition) is 0. The molecule has 1 atom stereocenters. The van der Waals surface area contributed by atoms with Crippen molar-refractivity contribution in [3.63, 3.8) is 0 Å². The summed E-state index contributed by atoms with van der Waals surface area (Å²) in [7, 11) is 3.32. The van der Waals surface area contributed by atoms with E-state index in [0.717, 1.165) is 42.0 Å². The van der Waals surface area contributed by atoms with Gasteiger partial charge in [-0.1, -0.05) is 13.0 Å². The topological polar surface area (TPSA) is 38.8 Å². The molecule has 21 heavy (non-hydrogen) atoms. The smallest absolute Gasteiger partial charge is 0.227 e. The molecule has 4 heteroatoms. The van der Waals surface area contributed by atoms with Gasteiger partial charge >= 0.3 is 0 Å². The lowest BCUT2D eigenvalue weighted by Gasteiger charge is -2.26. The van der Waals surface area contributed by atoms with E-state index in [1.807, 2.05) is 17.0 Å². The lowest BCUT2D eigenvalue weighted by atomic mass is 9.86. The fourth-order valence-electron chi connectivity index (χ4n) is 3.40. The molecule has 0 spiro atoms. The number of likely N-dealkylation sites (tertiary alicyclic amines) is 1. The highest BCUT2D eigenvalue weighted by molar-refractivity contribution is 5.85. The van der Waals surface area contributed by atoms with Crippen LogP contribution in [0.1, 0.15) is 30.9 Å². The number of ether oxygens (including phenoxy) is 2. The summed E-state index contributed by atoms with van der Waals surface area (Å²) in [4.78, 5) is 14.1. The summed E-state index contributed by atoms with van der Waals surface area (Å²) in [6.45, 7) is 2.91. The van der Waals surface area contributed by atoms with Crippen molar-refractivity contribution in [3.05, 3.63) is 29.0 Å². The quantitative estimate of drug-likeness (QED) is 0.854. The molecule has 1 aromatic rings. The van der Waals surface area contributed by atoms with Crippen molar-refractivity contribution < 1.29 is 14.3 Å². The van der Waals surface area contributed by atoms with Gasteiger partial charge in [0.25, 0.3) is 0 Å². The van der Waals surface area contributed by atoms with Gasteiger partial charge in [-0.15, -0.1) is 0 Å². The van der Waals surface area contributed by atoms with E-state index in [2.05, 4.69) is 13.0 Å². The first-order chi connectivity index (χ1) is 10.2. The number of amides is 1. The SMILES string of the molecule is CCCN1C(=O)CC2Cc3c(ccc(OC)c3OC)C=C21. The van der Waals surface area contributed by atoms with Crippen LogP contribution in [0.15, 0.2) is 17.8 Å². The van der Waals surface area contributed by atoms with Crippen molar-refractivity contribution >= 4 is 12.0 Å². The second kappa shape index (κ2) is 5.43. The number of allylic oxidation sites excluding steroid dienone is 1. The van der Waals surface area contributed by atoms with E-state index in [4.69, 9.17) is 9.47 Å². The largest absolute Gasteiger partial charge is 0.493 e. The Morgan fingerprint density at radius 3 is 2.71 bits per heavy atom. The Balaban J connectivity index is 2.05. The van der Waals surface area contributed by atoms with E-state index < -0.39 is 0 Å². The van der Waals surface area contributed by atoms with Crippen LogP contribution in [-0.4, -0.2) is 31.6 Å². The molecular weight excluding hydrogens is 266 g/mol. The van der Waals surface area contributed by atoms with Gasteiger partial charge in [-0.25, -0.2) is 0 Å². The van der Waals surface area contributed by atoms with E-state index in [1.54, 1.807) is 14.2 Å². The third-order valence-electron chi connectivity index (χ3n) is 4.34.